The van der Waals surface area contributed by atoms with Crippen LogP contribution in [0.2, 0.25) is 0 Å². The number of hydrogen-bond acceptors (Lipinski definition) is 5. The first-order valence-corrected chi connectivity index (χ1v) is 5.54. The molecule has 0 fully saturated rings. The second-order valence-corrected chi connectivity index (χ2v) is 3.71. The highest BCUT2D eigenvalue weighted by molar-refractivity contribution is 5.51. The maximum absolute atomic E-state index is 8.56. The second-order valence-electron chi connectivity index (χ2n) is 3.71. The topological polar surface area (TPSA) is 71.7 Å². The van der Waals surface area contributed by atoms with Crippen LogP contribution in [-0.2, 0) is 4.74 Å². The lowest BCUT2D eigenvalue weighted by molar-refractivity contribution is 0.0991. The summed E-state index contributed by atoms with van der Waals surface area (Å²) in [6.07, 6.45) is 1.53. The van der Waals surface area contributed by atoms with Gasteiger partial charge in [-0.3, -0.25) is 0 Å². The van der Waals surface area contributed by atoms with E-state index in [2.05, 4.69) is 15.4 Å². The van der Waals surface area contributed by atoms with Gasteiger partial charge < -0.3 is 15.2 Å². The Balaban J connectivity index is 2.00. The highest BCUT2D eigenvalue weighted by Crippen LogP contribution is 2.12. The van der Waals surface area contributed by atoms with Crippen molar-refractivity contribution in [1.82, 2.24) is 14.6 Å². The number of aromatic nitrogens is 3. The zero-order valence-electron chi connectivity index (χ0n) is 9.76. The third-order valence-electron chi connectivity index (χ3n) is 2.31. The SMILES string of the molecule is Cc1cc(NCCOCCO)n2ncnc2c1. The van der Waals surface area contributed by atoms with Gasteiger partial charge in [0, 0.05) is 6.54 Å². The molecule has 0 unspecified atom stereocenters. The van der Waals surface area contributed by atoms with Crippen molar-refractivity contribution in [3.8, 4) is 0 Å². The van der Waals surface area contributed by atoms with Crippen LogP contribution in [0.4, 0.5) is 5.82 Å². The van der Waals surface area contributed by atoms with Crippen LogP contribution in [0.25, 0.3) is 5.65 Å². The second kappa shape index (κ2) is 5.60. The van der Waals surface area contributed by atoms with E-state index in [4.69, 9.17) is 9.84 Å². The van der Waals surface area contributed by atoms with E-state index in [1.807, 2.05) is 19.1 Å². The number of nitrogens with zero attached hydrogens (tertiary/aromatic N) is 3. The van der Waals surface area contributed by atoms with Gasteiger partial charge in [-0.05, 0) is 24.6 Å². The summed E-state index contributed by atoms with van der Waals surface area (Å²) in [6.45, 7) is 3.65. The quantitative estimate of drug-likeness (QED) is 0.713. The largest absolute Gasteiger partial charge is 0.394 e. The summed E-state index contributed by atoms with van der Waals surface area (Å²) in [5.41, 5.74) is 1.95. The summed E-state index contributed by atoms with van der Waals surface area (Å²) in [5, 5.41) is 15.9. The maximum atomic E-state index is 8.56. The number of fused-ring (bicyclic) bond motifs is 1. The van der Waals surface area contributed by atoms with E-state index in [1.54, 1.807) is 4.52 Å². The number of anilines is 1. The Kier molecular flexibility index (Phi) is 3.89. The molecule has 0 bridgehead atoms. The van der Waals surface area contributed by atoms with Crippen LogP contribution >= 0.6 is 0 Å². The minimum atomic E-state index is 0.0533. The van der Waals surface area contributed by atoms with Gasteiger partial charge in [0.25, 0.3) is 0 Å². The molecule has 92 valence electrons. The van der Waals surface area contributed by atoms with Gasteiger partial charge in [-0.2, -0.15) is 9.61 Å². The Morgan fingerprint density at radius 2 is 2.29 bits per heavy atom. The van der Waals surface area contributed by atoms with Crippen LogP contribution in [0, 0.1) is 6.92 Å². The molecular weight excluding hydrogens is 220 g/mol. The van der Waals surface area contributed by atoms with E-state index >= 15 is 0 Å². The molecule has 17 heavy (non-hydrogen) atoms. The Hall–Kier alpha value is -1.66. The lowest BCUT2D eigenvalue weighted by Gasteiger charge is -2.09. The Labute approximate surface area is 99.2 Å². The molecule has 0 atom stereocenters. The first-order chi connectivity index (χ1) is 8.31. The van der Waals surface area contributed by atoms with Crippen molar-refractivity contribution in [2.24, 2.45) is 0 Å². The minimum absolute atomic E-state index is 0.0533. The van der Waals surface area contributed by atoms with Crippen molar-refractivity contribution in [2.75, 3.05) is 31.7 Å². The van der Waals surface area contributed by atoms with Crippen LogP contribution in [0.15, 0.2) is 18.5 Å². The minimum Gasteiger partial charge on any atom is -0.394 e. The van der Waals surface area contributed by atoms with Gasteiger partial charge in [0.2, 0.25) is 0 Å². The maximum Gasteiger partial charge on any atom is 0.157 e. The molecule has 0 aromatic carbocycles. The van der Waals surface area contributed by atoms with Crippen molar-refractivity contribution >= 4 is 11.5 Å². The Morgan fingerprint density at radius 3 is 3.12 bits per heavy atom. The summed E-state index contributed by atoms with van der Waals surface area (Å²) >= 11 is 0. The van der Waals surface area contributed by atoms with Crippen LogP contribution in [-0.4, -0.2) is 46.1 Å². The molecule has 0 aliphatic carbocycles. The number of aliphatic hydroxyl groups excluding tert-OH is 1. The van der Waals surface area contributed by atoms with E-state index in [1.165, 1.54) is 6.33 Å². The number of aliphatic hydroxyl groups is 1. The molecule has 2 rings (SSSR count). The average Bonchev–Trinajstić information content (AvgIpc) is 2.76. The smallest absolute Gasteiger partial charge is 0.157 e. The van der Waals surface area contributed by atoms with Crippen molar-refractivity contribution < 1.29 is 9.84 Å². The van der Waals surface area contributed by atoms with Gasteiger partial charge in [0.1, 0.15) is 12.1 Å². The molecule has 2 aromatic heterocycles. The van der Waals surface area contributed by atoms with Gasteiger partial charge >= 0.3 is 0 Å². The summed E-state index contributed by atoms with van der Waals surface area (Å²) in [5.74, 6) is 0.894. The van der Waals surface area contributed by atoms with E-state index in [9.17, 15) is 0 Å². The van der Waals surface area contributed by atoms with E-state index < -0.39 is 0 Å². The molecule has 0 aliphatic heterocycles. The molecule has 0 amide bonds. The summed E-state index contributed by atoms with van der Waals surface area (Å²) in [7, 11) is 0. The summed E-state index contributed by atoms with van der Waals surface area (Å²) in [4.78, 5) is 4.15. The Bertz CT molecular complexity index is 483. The highest BCUT2D eigenvalue weighted by atomic mass is 16.5. The molecule has 0 saturated carbocycles. The normalized spacial score (nSPS) is 10.9. The summed E-state index contributed by atoms with van der Waals surface area (Å²) in [6, 6.07) is 3.98. The van der Waals surface area contributed by atoms with E-state index in [-0.39, 0.29) is 6.61 Å². The van der Waals surface area contributed by atoms with E-state index in [0.29, 0.717) is 19.8 Å². The molecular formula is C11H16N4O2. The third-order valence-corrected chi connectivity index (χ3v) is 2.31. The van der Waals surface area contributed by atoms with Crippen molar-refractivity contribution in [2.45, 2.75) is 6.92 Å². The predicted molar refractivity (Wildman–Crippen MR) is 64.1 cm³/mol. The number of nitrogens with one attached hydrogen (secondary N) is 1. The lowest BCUT2D eigenvalue weighted by atomic mass is 10.3. The number of pyridine rings is 1. The summed E-state index contributed by atoms with van der Waals surface area (Å²) < 4.78 is 6.92. The van der Waals surface area contributed by atoms with Crippen molar-refractivity contribution in [1.29, 1.82) is 0 Å². The van der Waals surface area contributed by atoms with Crippen LogP contribution in [0.5, 0.6) is 0 Å². The zero-order valence-corrected chi connectivity index (χ0v) is 9.76. The monoisotopic (exact) mass is 236 g/mol. The highest BCUT2D eigenvalue weighted by Gasteiger charge is 2.02. The first kappa shape index (κ1) is 11.8. The standard InChI is InChI=1S/C11H16N4O2/c1-9-6-10(12-2-4-17-5-3-16)15-11(7-9)13-8-14-15/h6-8,12,16H,2-5H2,1H3. The third kappa shape index (κ3) is 2.92. The van der Waals surface area contributed by atoms with Crippen LogP contribution in [0.1, 0.15) is 5.56 Å². The molecule has 0 aliphatic rings. The molecule has 0 spiro atoms. The van der Waals surface area contributed by atoms with Crippen molar-refractivity contribution in [3.63, 3.8) is 0 Å². The number of aryl methyl sites for hydroxylation is 1. The molecule has 2 heterocycles. The fraction of sp³-hybridized carbons (Fsp3) is 0.455. The number of ether oxygens (including phenoxy) is 1. The first-order valence-electron chi connectivity index (χ1n) is 5.54. The molecule has 6 nitrogen and oxygen atoms in total. The fourth-order valence-corrected chi connectivity index (χ4v) is 1.60. The van der Waals surface area contributed by atoms with Gasteiger partial charge in [0.15, 0.2) is 5.65 Å². The van der Waals surface area contributed by atoms with Gasteiger partial charge in [-0.15, -0.1) is 0 Å². The van der Waals surface area contributed by atoms with Gasteiger partial charge in [-0.1, -0.05) is 0 Å². The molecule has 0 radical (unpaired) electrons. The fourth-order valence-electron chi connectivity index (χ4n) is 1.60. The molecule has 2 N–H and O–H groups in total. The molecule has 6 heteroatoms. The van der Waals surface area contributed by atoms with Crippen LogP contribution in [0.3, 0.4) is 0 Å². The van der Waals surface area contributed by atoms with Gasteiger partial charge in [0.05, 0.1) is 19.8 Å². The van der Waals surface area contributed by atoms with Crippen LogP contribution < -0.4 is 5.32 Å². The van der Waals surface area contributed by atoms with Gasteiger partial charge in [-0.25, -0.2) is 4.98 Å². The molecule has 0 saturated heterocycles. The van der Waals surface area contributed by atoms with Crippen molar-refractivity contribution in [3.05, 3.63) is 24.0 Å². The van der Waals surface area contributed by atoms with E-state index in [0.717, 1.165) is 17.0 Å². The molecule has 2 aromatic rings. The zero-order chi connectivity index (χ0) is 12.1. The number of rotatable bonds is 6. The Morgan fingerprint density at radius 1 is 1.41 bits per heavy atom. The average molecular weight is 236 g/mol. The predicted octanol–water partition coefficient (Wildman–Crippen LogP) is 0.459. The lowest BCUT2D eigenvalue weighted by Crippen LogP contribution is -2.13. The number of hydrogen-bond donors (Lipinski definition) is 2.